The van der Waals surface area contributed by atoms with E-state index in [1.54, 1.807) is 43.4 Å². The predicted molar refractivity (Wildman–Crippen MR) is 93.8 cm³/mol. The highest BCUT2D eigenvalue weighted by Gasteiger charge is 2.14. The van der Waals surface area contributed by atoms with Crippen LogP contribution in [-0.4, -0.2) is 45.7 Å². The first-order valence-electron chi connectivity index (χ1n) is 7.66. The number of amides is 1. The number of benzene rings is 2. The van der Waals surface area contributed by atoms with Gasteiger partial charge in [0.25, 0.3) is 5.91 Å². The number of carbonyl (C=O) groups is 1. The monoisotopic (exact) mass is 365 g/mol. The summed E-state index contributed by atoms with van der Waals surface area (Å²) in [6.07, 6.45) is 1.15. The van der Waals surface area contributed by atoms with Gasteiger partial charge in [0.15, 0.2) is 21.4 Å². The molecule has 0 heterocycles. The first-order valence-corrected chi connectivity index (χ1v) is 9.72. The number of ether oxygens (including phenoxy) is 1. The van der Waals surface area contributed by atoms with Crippen molar-refractivity contribution in [1.29, 1.82) is 0 Å². The summed E-state index contributed by atoms with van der Waals surface area (Å²) < 4.78 is 41.6. The van der Waals surface area contributed by atoms with Gasteiger partial charge in [-0.05, 0) is 29.8 Å². The lowest BCUT2D eigenvalue weighted by molar-refractivity contribution is 0.0773. The summed E-state index contributed by atoms with van der Waals surface area (Å²) in [6.45, 7) is 0.412. The van der Waals surface area contributed by atoms with Crippen molar-refractivity contribution in [2.24, 2.45) is 0 Å². The van der Waals surface area contributed by atoms with Crippen molar-refractivity contribution in [2.75, 3.05) is 26.5 Å². The zero-order chi connectivity index (χ0) is 18.4. The van der Waals surface area contributed by atoms with Gasteiger partial charge in [-0.3, -0.25) is 4.79 Å². The van der Waals surface area contributed by atoms with Gasteiger partial charge in [0.1, 0.15) is 6.61 Å². The molecule has 5 nitrogen and oxygen atoms in total. The predicted octanol–water partition coefficient (Wildman–Crippen LogP) is 2.52. The molecule has 0 spiro atoms. The van der Waals surface area contributed by atoms with Crippen LogP contribution in [0.1, 0.15) is 15.9 Å². The van der Waals surface area contributed by atoms with E-state index in [9.17, 15) is 17.6 Å². The van der Waals surface area contributed by atoms with Crippen LogP contribution in [0.15, 0.2) is 48.5 Å². The quantitative estimate of drug-likeness (QED) is 0.756. The average Bonchev–Trinajstić information content (AvgIpc) is 2.54. The number of hydrogen-bond donors (Lipinski definition) is 0. The minimum Gasteiger partial charge on any atom is -0.489 e. The second kappa shape index (κ2) is 8.11. The number of likely N-dealkylation sites (N-methyl/N-ethyl adjacent to an activating group) is 1. The van der Waals surface area contributed by atoms with E-state index in [0.717, 1.165) is 6.26 Å². The van der Waals surface area contributed by atoms with Crippen LogP contribution in [0, 0.1) is 5.82 Å². The van der Waals surface area contributed by atoms with Crippen molar-refractivity contribution in [2.45, 2.75) is 5.75 Å². The highest BCUT2D eigenvalue weighted by atomic mass is 32.2. The van der Waals surface area contributed by atoms with Gasteiger partial charge in [-0.25, -0.2) is 12.8 Å². The third-order valence-electron chi connectivity index (χ3n) is 3.47. The largest absolute Gasteiger partial charge is 0.489 e. The SMILES string of the molecule is CN(CCOc1ccccc1F)C(=O)c1cccc(CS(C)(=O)=O)c1. The summed E-state index contributed by atoms with van der Waals surface area (Å²) in [5.74, 6) is -0.690. The molecule has 0 N–H and O–H groups in total. The number of halogens is 1. The van der Waals surface area contributed by atoms with Gasteiger partial charge in [0.2, 0.25) is 0 Å². The molecule has 0 aromatic heterocycles. The fourth-order valence-electron chi connectivity index (χ4n) is 2.27. The van der Waals surface area contributed by atoms with Crippen LogP contribution in [-0.2, 0) is 15.6 Å². The Kier molecular flexibility index (Phi) is 6.14. The molecule has 134 valence electrons. The molecule has 0 radical (unpaired) electrons. The fourth-order valence-corrected chi connectivity index (χ4v) is 3.06. The lowest BCUT2D eigenvalue weighted by atomic mass is 10.1. The highest BCUT2D eigenvalue weighted by molar-refractivity contribution is 7.89. The molecule has 0 saturated heterocycles. The molecule has 0 fully saturated rings. The first-order chi connectivity index (χ1) is 11.8. The maximum atomic E-state index is 13.5. The standard InChI is InChI=1S/C18H20FNO4S/c1-20(10-11-24-17-9-4-3-8-16(17)19)18(21)15-7-5-6-14(12-15)13-25(2,22)23/h3-9,12H,10-11,13H2,1-2H3. The Morgan fingerprint density at radius 1 is 1.16 bits per heavy atom. The van der Waals surface area contributed by atoms with E-state index in [2.05, 4.69) is 0 Å². The minimum absolute atomic E-state index is 0.117. The molecule has 2 rings (SSSR count). The van der Waals surface area contributed by atoms with Gasteiger partial charge in [0, 0.05) is 18.9 Å². The number of carbonyl (C=O) groups excluding carboxylic acids is 1. The van der Waals surface area contributed by atoms with Gasteiger partial charge in [-0.2, -0.15) is 0 Å². The number of nitrogens with zero attached hydrogens (tertiary/aromatic N) is 1. The second-order valence-corrected chi connectivity index (χ2v) is 7.92. The van der Waals surface area contributed by atoms with Crippen LogP contribution in [0.3, 0.4) is 0 Å². The lowest BCUT2D eigenvalue weighted by Crippen LogP contribution is -2.31. The van der Waals surface area contributed by atoms with Crippen LogP contribution in [0.5, 0.6) is 5.75 Å². The van der Waals surface area contributed by atoms with Crippen molar-refractivity contribution in [3.63, 3.8) is 0 Å². The van der Waals surface area contributed by atoms with Crippen molar-refractivity contribution in [3.05, 3.63) is 65.5 Å². The van der Waals surface area contributed by atoms with Crippen LogP contribution in [0.25, 0.3) is 0 Å². The lowest BCUT2D eigenvalue weighted by Gasteiger charge is -2.18. The summed E-state index contributed by atoms with van der Waals surface area (Å²) in [7, 11) is -1.56. The Hall–Kier alpha value is -2.41. The van der Waals surface area contributed by atoms with Crippen molar-refractivity contribution >= 4 is 15.7 Å². The summed E-state index contributed by atoms with van der Waals surface area (Å²) in [6, 6.07) is 12.6. The van der Waals surface area contributed by atoms with Crippen LogP contribution in [0.4, 0.5) is 4.39 Å². The average molecular weight is 365 g/mol. The molecule has 0 saturated carbocycles. The zero-order valence-corrected chi connectivity index (χ0v) is 14.9. The fraction of sp³-hybridized carbons (Fsp3) is 0.278. The van der Waals surface area contributed by atoms with E-state index in [1.807, 2.05) is 0 Å². The third-order valence-corrected chi connectivity index (χ3v) is 4.33. The van der Waals surface area contributed by atoms with Gasteiger partial charge in [-0.1, -0.05) is 24.3 Å². The van der Waals surface area contributed by atoms with Gasteiger partial charge >= 0.3 is 0 Å². The minimum atomic E-state index is -3.17. The number of rotatable bonds is 7. The van der Waals surface area contributed by atoms with Crippen LogP contribution >= 0.6 is 0 Å². The first kappa shape index (κ1) is 18.9. The molecule has 7 heteroatoms. The normalized spacial score (nSPS) is 11.2. The zero-order valence-electron chi connectivity index (χ0n) is 14.1. The summed E-state index contributed by atoms with van der Waals surface area (Å²) in [5, 5.41) is 0. The second-order valence-electron chi connectivity index (χ2n) is 5.78. The maximum absolute atomic E-state index is 13.5. The molecule has 2 aromatic rings. The van der Waals surface area contributed by atoms with E-state index in [-0.39, 0.29) is 30.6 Å². The van der Waals surface area contributed by atoms with Crippen LogP contribution in [0.2, 0.25) is 0 Å². The summed E-state index contributed by atoms with van der Waals surface area (Å²) >= 11 is 0. The molecule has 0 aliphatic heterocycles. The van der Waals surface area contributed by atoms with Gasteiger partial charge in [-0.15, -0.1) is 0 Å². The van der Waals surface area contributed by atoms with Crippen LogP contribution < -0.4 is 4.74 Å². The molecule has 0 aliphatic rings. The third kappa shape index (κ3) is 5.86. The molecule has 0 unspecified atom stereocenters. The highest BCUT2D eigenvalue weighted by Crippen LogP contribution is 2.15. The Morgan fingerprint density at radius 3 is 2.56 bits per heavy atom. The Labute approximate surface area is 147 Å². The topological polar surface area (TPSA) is 63.7 Å². The number of hydrogen-bond acceptors (Lipinski definition) is 4. The van der Waals surface area contributed by atoms with E-state index in [1.165, 1.54) is 17.0 Å². The molecule has 25 heavy (non-hydrogen) atoms. The Morgan fingerprint density at radius 2 is 1.88 bits per heavy atom. The van der Waals surface area contributed by atoms with E-state index >= 15 is 0 Å². The maximum Gasteiger partial charge on any atom is 0.253 e. The van der Waals surface area contributed by atoms with Gasteiger partial charge < -0.3 is 9.64 Å². The van der Waals surface area contributed by atoms with E-state index in [4.69, 9.17) is 4.74 Å². The number of sulfone groups is 1. The molecule has 0 bridgehead atoms. The molecule has 0 atom stereocenters. The van der Waals surface area contributed by atoms with E-state index < -0.39 is 15.7 Å². The Bertz CT molecular complexity index is 852. The van der Waals surface area contributed by atoms with Crippen molar-refractivity contribution < 1.29 is 22.3 Å². The summed E-state index contributed by atoms with van der Waals surface area (Å²) in [4.78, 5) is 13.9. The van der Waals surface area contributed by atoms with Crippen molar-refractivity contribution in [3.8, 4) is 5.75 Å². The summed E-state index contributed by atoms with van der Waals surface area (Å²) in [5.41, 5.74) is 0.957. The Balaban J connectivity index is 1.95. The molecular formula is C18H20FNO4S. The molecular weight excluding hydrogens is 345 g/mol. The smallest absolute Gasteiger partial charge is 0.253 e. The molecule has 0 aliphatic carbocycles. The number of para-hydroxylation sites is 1. The molecule has 1 amide bonds. The molecule has 2 aromatic carbocycles. The van der Waals surface area contributed by atoms with Gasteiger partial charge in [0.05, 0.1) is 12.3 Å². The van der Waals surface area contributed by atoms with E-state index in [0.29, 0.717) is 11.1 Å². The van der Waals surface area contributed by atoms with Crippen molar-refractivity contribution in [1.82, 2.24) is 4.90 Å².